The van der Waals surface area contributed by atoms with Crippen LogP contribution in [0.5, 0.6) is 0 Å². The van der Waals surface area contributed by atoms with Gasteiger partial charge < -0.3 is 10.2 Å². The van der Waals surface area contributed by atoms with Gasteiger partial charge in [-0.15, -0.1) is 11.6 Å². The summed E-state index contributed by atoms with van der Waals surface area (Å²) in [4.78, 5) is 11.0. The van der Waals surface area contributed by atoms with Crippen LogP contribution >= 0.6 is 11.6 Å². The monoisotopic (exact) mass is 242 g/mol. The van der Waals surface area contributed by atoms with Crippen molar-refractivity contribution in [3.8, 4) is 0 Å². The Balaban J connectivity index is 2.77. The van der Waals surface area contributed by atoms with Crippen molar-refractivity contribution in [1.82, 2.24) is 0 Å². The van der Waals surface area contributed by atoms with Gasteiger partial charge in [-0.3, -0.25) is 4.79 Å². The molecule has 2 unspecified atom stereocenters. The molecular weight excluding hydrogens is 228 g/mol. The quantitative estimate of drug-likeness (QED) is 0.613. The molecular formula is C12H15ClO3. The smallest absolute Gasteiger partial charge is 0.159 e. The van der Waals surface area contributed by atoms with Crippen LogP contribution in [0, 0.1) is 0 Å². The highest BCUT2D eigenvalue weighted by Gasteiger charge is 2.17. The average Bonchev–Trinajstić information content (AvgIpc) is 2.28. The van der Waals surface area contributed by atoms with E-state index < -0.39 is 12.2 Å². The summed E-state index contributed by atoms with van der Waals surface area (Å²) in [6, 6.07) is 6.54. The second-order valence-corrected chi connectivity index (χ2v) is 4.05. The first-order valence-corrected chi connectivity index (χ1v) is 5.62. The minimum atomic E-state index is -0.959. The number of hydrogen-bond acceptors (Lipinski definition) is 3. The van der Waals surface area contributed by atoms with Crippen LogP contribution in [0.4, 0.5) is 0 Å². The molecule has 0 amide bonds. The average molecular weight is 243 g/mol. The summed E-state index contributed by atoms with van der Waals surface area (Å²) < 4.78 is 0. The summed E-state index contributed by atoms with van der Waals surface area (Å²) in [6.07, 6.45) is -1.50. The third-order valence-electron chi connectivity index (χ3n) is 2.43. The van der Waals surface area contributed by atoms with E-state index in [1.165, 1.54) is 6.92 Å². The van der Waals surface area contributed by atoms with Gasteiger partial charge in [-0.1, -0.05) is 24.3 Å². The lowest BCUT2D eigenvalue weighted by Crippen LogP contribution is -2.18. The predicted octanol–water partition coefficient (Wildman–Crippen LogP) is 1.91. The topological polar surface area (TPSA) is 57.5 Å². The molecule has 1 rings (SSSR count). The molecule has 0 aliphatic carbocycles. The molecule has 0 saturated heterocycles. The minimum absolute atomic E-state index is 0.0256. The predicted molar refractivity (Wildman–Crippen MR) is 62.8 cm³/mol. The largest absolute Gasteiger partial charge is 0.390 e. The highest BCUT2D eigenvalue weighted by molar-refractivity contribution is 6.17. The third kappa shape index (κ3) is 3.30. The maximum atomic E-state index is 11.0. The van der Waals surface area contributed by atoms with E-state index in [-0.39, 0.29) is 5.78 Å². The summed E-state index contributed by atoms with van der Waals surface area (Å²) in [5.74, 6) is 0.270. The molecule has 4 heteroatoms. The van der Waals surface area contributed by atoms with Crippen LogP contribution in [0.2, 0.25) is 0 Å². The number of carbonyl (C=O) groups excluding carboxylic acids is 1. The lowest BCUT2D eigenvalue weighted by atomic mass is 10.0. The van der Waals surface area contributed by atoms with Crippen LogP contribution in [0.3, 0.4) is 0 Å². The normalized spacial score (nSPS) is 14.5. The number of rotatable bonds is 5. The fourth-order valence-electron chi connectivity index (χ4n) is 1.41. The van der Waals surface area contributed by atoms with E-state index >= 15 is 0 Å². The minimum Gasteiger partial charge on any atom is -0.390 e. The van der Waals surface area contributed by atoms with Crippen LogP contribution in [0.1, 0.15) is 35.4 Å². The van der Waals surface area contributed by atoms with Crippen molar-refractivity contribution >= 4 is 17.4 Å². The van der Waals surface area contributed by atoms with Crippen molar-refractivity contribution in [2.24, 2.45) is 0 Å². The van der Waals surface area contributed by atoms with Crippen molar-refractivity contribution in [3.05, 3.63) is 35.4 Å². The molecule has 0 radical (unpaired) electrons. The Bertz CT molecular complexity index is 348. The van der Waals surface area contributed by atoms with Crippen LogP contribution in [-0.2, 0) is 0 Å². The number of alkyl halides is 1. The van der Waals surface area contributed by atoms with Gasteiger partial charge in [0.15, 0.2) is 5.78 Å². The zero-order valence-electron chi connectivity index (χ0n) is 9.06. The van der Waals surface area contributed by atoms with Crippen molar-refractivity contribution in [2.75, 3.05) is 5.88 Å². The number of carbonyl (C=O) groups is 1. The summed E-state index contributed by atoms with van der Waals surface area (Å²) in [5.41, 5.74) is 1.17. The van der Waals surface area contributed by atoms with Crippen molar-refractivity contribution in [2.45, 2.75) is 25.6 Å². The standard InChI is InChI=1S/C12H15ClO3/c1-8(14)9-2-4-10(5-3-9)12(16)11(15)6-7-13/h2-5,11-12,15-16H,6-7H2,1H3. The van der Waals surface area contributed by atoms with Crippen LogP contribution < -0.4 is 0 Å². The molecule has 1 aromatic carbocycles. The fraction of sp³-hybridized carbons (Fsp3) is 0.417. The molecule has 0 aliphatic heterocycles. The van der Waals surface area contributed by atoms with E-state index in [9.17, 15) is 15.0 Å². The van der Waals surface area contributed by atoms with Crippen molar-refractivity contribution < 1.29 is 15.0 Å². The second kappa shape index (κ2) is 5.99. The zero-order chi connectivity index (χ0) is 12.1. The van der Waals surface area contributed by atoms with Crippen LogP contribution in [-0.4, -0.2) is 28.0 Å². The Morgan fingerprint density at radius 2 is 1.88 bits per heavy atom. The third-order valence-corrected chi connectivity index (χ3v) is 2.65. The van der Waals surface area contributed by atoms with E-state index in [4.69, 9.17) is 11.6 Å². The summed E-state index contributed by atoms with van der Waals surface area (Å²) in [5, 5.41) is 19.3. The van der Waals surface area contributed by atoms with E-state index in [0.29, 0.717) is 23.4 Å². The number of Topliss-reactive ketones (excluding diaryl/α,β-unsaturated/α-hetero) is 1. The SMILES string of the molecule is CC(=O)c1ccc(C(O)C(O)CCCl)cc1. The molecule has 0 saturated carbocycles. The highest BCUT2D eigenvalue weighted by Crippen LogP contribution is 2.19. The van der Waals surface area contributed by atoms with Gasteiger partial charge >= 0.3 is 0 Å². The van der Waals surface area contributed by atoms with Gasteiger partial charge in [0, 0.05) is 11.4 Å². The molecule has 16 heavy (non-hydrogen) atoms. The van der Waals surface area contributed by atoms with Crippen molar-refractivity contribution in [3.63, 3.8) is 0 Å². The Kier molecular flexibility index (Phi) is 4.93. The van der Waals surface area contributed by atoms with E-state index in [2.05, 4.69) is 0 Å². The number of hydrogen-bond donors (Lipinski definition) is 2. The molecule has 1 aromatic rings. The maximum Gasteiger partial charge on any atom is 0.159 e. The Hall–Kier alpha value is -0.900. The van der Waals surface area contributed by atoms with E-state index in [1.54, 1.807) is 24.3 Å². The Morgan fingerprint density at radius 1 is 1.31 bits per heavy atom. The molecule has 0 aliphatic rings. The molecule has 0 bridgehead atoms. The van der Waals surface area contributed by atoms with Gasteiger partial charge in [-0.05, 0) is 18.9 Å². The van der Waals surface area contributed by atoms with Crippen LogP contribution in [0.15, 0.2) is 24.3 Å². The van der Waals surface area contributed by atoms with E-state index in [0.717, 1.165) is 0 Å². The van der Waals surface area contributed by atoms with Crippen molar-refractivity contribution in [1.29, 1.82) is 0 Å². The molecule has 0 fully saturated rings. The summed E-state index contributed by atoms with van der Waals surface area (Å²) in [6.45, 7) is 1.48. The Labute approximate surface area is 99.7 Å². The zero-order valence-corrected chi connectivity index (χ0v) is 9.81. The van der Waals surface area contributed by atoms with Crippen LogP contribution in [0.25, 0.3) is 0 Å². The number of benzene rings is 1. The summed E-state index contributed by atoms with van der Waals surface area (Å²) in [7, 11) is 0. The number of halogens is 1. The van der Waals surface area contributed by atoms with Gasteiger partial charge in [0.1, 0.15) is 6.10 Å². The fourth-order valence-corrected chi connectivity index (χ4v) is 1.63. The maximum absolute atomic E-state index is 11.0. The van der Waals surface area contributed by atoms with Gasteiger partial charge in [-0.2, -0.15) is 0 Å². The molecule has 88 valence electrons. The number of aliphatic hydroxyl groups excluding tert-OH is 2. The molecule has 0 aromatic heterocycles. The lowest BCUT2D eigenvalue weighted by molar-refractivity contribution is 0.0170. The van der Waals surface area contributed by atoms with Gasteiger partial charge in [0.05, 0.1) is 6.10 Å². The van der Waals surface area contributed by atoms with Gasteiger partial charge in [0.25, 0.3) is 0 Å². The first-order chi connectivity index (χ1) is 7.56. The first-order valence-electron chi connectivity index (χ1n) is 5.09. The van der Waals surface area contributed by atoms with E-state index in [1.807, 2.05) is 0 Å². The number of aliphatic hydroxyl groups is 2. The summed E-state index contributed by atoms with van der Waals surface area (Å²) >= 11 is 5.48. The lowest BCUT2D eigenvalue weighted by Gasteiger charge is -2.17. The Morgan fingerprint density at radius 3 is 2.31 bits per heavy atom. The van der Waals surface area contributed by atoms with Gasteiger partial charge in [0.2, 0.25) is 0 Å². The molecule has 3 nitrogen and oxygen atoms in total. The molecule has 2 N–H and O–H groups in total. The highest BCUT2D eigenvalue weighted by atomic mass is 35.5. The molecule has 2 atom stereocenters. The number of ketones is 1. The molecule has 0 spiro atoms. The molecule has 0 heterocycles. The first kappa shape index (κ1) is 13.2. The second-order valence-electron chi connectivity index (χ2n) is 3.67. The van der Waals surface area contributed by atoms with Gasteiger partial charge in [-0.25, -0.2) is 0 Å².